The number of hydrogen-bond acceptors (Lipinski definition) is 9. The van der Waals surface area contributed by atoms with Crippen molar-refractivity contribution in [3.63, 3.8) is 0 Å². The number of rotatable bonds is 10. The minimum atomic E-state index is -1.78. The number of phenolic OH excluding ortho intramolecular Hbond substituents is 1. The Morgan fingerprint density at radius 3 is 2.49 bits per heavy atom. The maximum absolute atomic E-state index is 14.1. The lowest BCUT2D eigenvalue weighted by Gasteiger charge is -2.35. The molecule has 17 heteroatoms. The number of halogens is 3. The number of benzene rings is 2. The van der Waals surface area contributed by atoms with Gasteiger partial charge in [-0.25, -0.2) is 18.6 Å². The van der Waals surface area contributed by atoms with Crippen LogP contribution in [0.4, 0.5) is 19.0 Å². The number of phenols is 1. The number of amides is 3. The summed E-state index contributed by atoms with van der Waals surface area (Å²) in [7, 11) is 1.71. The van der Waals surface area contributed by atoms with Crippen LogP contribution in [-0.4, -0.2) is 90.9 Å². The number of aryl methyl sites for hydroxylation is 2. The quantitative estimate of drug-likeness (QED) is 0.140. The van der Waals surface area contributed by atoms with Crippen molar-refractivity contribution >= 4 is 45.5 Å². The standard InChI is InChI=1S/C40H44F3N9O5/c1-48-32-17-23(6-9-30(32)52(40(48)57)31-10-11-34(53)46-39(31)56)3-2-12-49-13-15-50(16-14-49)33-18-25-22-51(47-29(25)21-44-33)26-7-4-24(5-8-26)20-45-38(55)27-19-28(41)37(54)36(43)35(27)42/h6,9,17-19,21-22,24,26,31,54H,2-5,7-8,10-16,20H2,1H3,(H,45,55)(H,46,53,56)/t24?,26?,31-/m1/s1. The monoisotopic (exact) mass is 787 g/mol. The van der Waals surface area contributed by atoms with Crippen molar-refractivity contribution in [3.8, 4) is 5.75 Å². The second kappa shape index (κ2) is 15.7. The van der Waals surface area contributed by atoms with Crippen LogP contribution in [0.2, 0.25) is 0 Å². The van der Waals surface area contributed by atoms with E-state index >= 15 is 0 Å². The lowest BCUT2D eigenvalue weighted by molar-refractivity contribution is -0.135. The van der Waals surface area contributed by atoms with Gasteiger partial charge in [-0.2, -0.15) is 9.49 Å². The molecule has 3 fully saturated rings. The van der Waals surface area contributed by atoms with E-state index in [0.717, 1.165) is 99.0 Å². The predicted octanol–water partition coefficient (Wildman–Crippen LogP) is 4.10. The number of piperidine rings is 1. The first-order valence-corrected chi connectivity index (χ1v) is 19.5. The molecule has 2 aliphatic heterocycles. The molecule has 3 aliphatic rings. The molecule has 1 aliphatic carbocycles. The van der Waals surface area contributed by atoms with Gasteiger partial charge in [0.25, 0.3) is 5.91 Å². The Bertz CT molecular complexity index is 2430. The van der Waals surface area contributed by atoms with Crippen LogP contribution in [0.15, 0.2) is 47.5 Å². The van der Waals surface area contributed by atoms with E-state index in [1.165, 1.54) is 4.57 Å². The summed E-state index contributed by atoms with van der Waals surface area (Å²) < 4.78 is 46.6. The van der Waals surface area contributed by atoms with Crippen LogP contribution in [0.3, 0.4) is 0 Å². The summed E-state index contributed by atoms with van der Waals surface area (Å²) in [6.07, 6.45) is 9.39. The van der Waals surface area contributed by atoms with Crippen molar-refractivity contribution in [3.05, 3.63) is 81.8 Å². The highest BCUT2D eigenvalue weighted by molar-refractivity contribution is 6.00. The highest BCUT2D eigenvalue weighted by atomic mass is 19.2. The van der Waals surface area contributed by atoms with Gasteiger partial charge in [0.15, 0.2) is 17.4 Å². The lowest BCUT2D eigenvalue weighted by Crippen LogP contribution is -2.47. The van der Waals surface area contributed by atoms with Crippen LogP contribution in [0.5, 0.6) is 5.75 Å². The second-order valence-corrected chi connectivity index (χ2v) is 15.4. The first-order valence-electron chi connectivity index (χ1n) is 19.5. The fourth-order valence-corrected chi connectivity index (χ4v) is 8.49. The maximum atomic E-state index is 14.1. The second-order valence-electron chi connectivity index (χ2n) is 15.4. The van der Waals surface area contributed by atoms with E-state index in [-0.39, 0.29) is 36.5 Å². The third kappa shape index (κ3) is 7.59. The molecule has 57 heavy (non-hydrogen) atoms. The minimum Gasteiger partial charge on any atom is -0.503 e. The normalized spacial score (nSPS) is 20.7. The minimum absolute atomic E-state index is 0.116. The molecule has 3 aromatic heterocycles. The summed E-state index contributed by atoms with van der Waals surface area (Å²) >= 11 is 0. The molecule has 14 nitrogen and oxygen atoms in total. The van der Waals surface area contributed by atoms with Crippen LogP contribution >= 0.6 is 0 Å². The Labute approximate surface area is 325 Å². The molecule has 0 spiro atoms. The van der Waals surface area contributed by atoms with E-state index in [0.29, 0.717) is 18.0 Å². The Hall–Kier alpha value is -5.71. The Morgan fingerprint density at radius 2 is 1.74 bits per heavy atom. The highest BCUT2D eigenvalue weighted by Gasteiger charge is 2.32. The number of pyridine rings is 1. The molecule has 0 unspecified atom stereocenters. The summed E-state index contributed by atoms with van der Waals surface area (Å²) in [4.78, 5) is 59.2. The summed E-state index contributed by atoms with van der Waals surface area (Å²) in [6, 6.07) is 7.99. The number of imide groups is 1. The van der Waals surface area contributed by atoms with Crippen LogP contribution in [0.1, 0.15) is 73.0 Å². The van der Waals surface area contributed by atoms with Gasteiger partial charge >= 0.3 is 5.69 Å². The van der Waals surface area contributed by atoms with Crippen molar-refractivity contribution in [2.45, 2.75) is 63.5 Å². The van der Waals surface area contributed by atoms with E-state index < -0.39 is 46.6 Å². The number of nitrogens with one attached hydrogen (secondary N) is 2. The third-order valence-corrected chi connectivity index (χ3v) is 11.8. The highest BCUT2D eigenvalue weighted by Crippen LogP contribution is 2.33. The Morgan fingerprint density at radius 1 is 0.965 bits per heavy atom. The number of aromatic nitrogens is 5. The van der Waals surface area contributed by atoms with E-state index in [9.17, 15) is 37.5 Å². The van der Waals surface area contributed by atoms with Crippen LogP contribution in [0, 0.1) is 23.4 Å². The first kappa shape index (κ1) is 38.2. The average molecular weight is 788 g/mol. The molecule has 3 amide bonds. The number of carbonyl (C=O) groups excluding carboxylic acids is 3. The number of piperazine rings is 1. The average Bonchev–Trinajstić information content (AvgIpc) is 3.75. The summed E-state index contributed by atoms with van der Waals surface area (Å²) in [5.41, 5.74) is 2.34. The molecule has 2 saturated heterocycles. The first-order chi connectivity index (χ1) is 27.4. The SMILES string of the molecule is Cn1c(=O)n([C@@H]2CCC(=O)NC2=O)c2ccc(CCCN3CCN(c4cc5cn(C6CCC(CNC(=O)c7cc(F)c(O)c(F)c7F)CC6)nc5cn4)CC3)cc21. The lowest BCUT2D eigenvalue weighted by atomic mass is 9.86. The summed E-state index contributed by atoms with van der Waals surface area (Å²) in [6.45, 7) is 4.68. The van der Waals surface area contributed by atoms with Crippen LogP contribution in [0.25, 0.3) is 21.9 Å². The summed E-state index contributed by atoms with van der Waals surface area (Å²) in [5, 5.41) is 20.0. The fraction of sp³-hybridized carbons (Fsp3) is 0.450. The molecule has 5 heterocycles. The van der Waals surface area contributed by atoms with Gasteiger partial charge < -0.3 is 15.3 Å². The largest absolute Gasteiger partial charge is 0.503 e. The van der Waals surface area contributed by atoms with Gasteiger partial charge in [-0.15, -0.1) is 0 Å². The third-order valence-electron chi connectivity index (χ3n) is 11.8. The van der Waals surface area contributed by atoms with Gasteiger partial charge in [0.05, 0.1) is 28.8 Å². The van der Waals surface area contributed by atoms with Crippen molar-refractivity contribution in [1.82, 2.24) is 39.4 Å². The molecule has 5 aromatic rings. The van der Waals surface area contributed by atoms with Gasteiger partial charge in [0, 0.05) is 57.8 Å². The van der Waals surface area contributed by atoms with Crippen molar-refractivity contribution < 1.29 is 32.7 Å². The zero-order chi connectivity index (χ0) is 40.0. The number of imidazole rings is 1. The topological polar surface area (TPSA) is 160 Å². The van der Waals surface area contributed by atoms with Crippen LogP contribution in [-0.2, 0) is 23.1 Å². The van der Waals surface area contributed by atoms with E-state index in [4.69, 9.17) is 10.1 Å². The Balaban J connectivity index is 0.800. The van der Waals surface area contributed by atoms with Crippen molar-refractivity contribution in [1.29, 1.82) is 0 Å². The zero-order valence-electron chi connectivity index (χ0n) is 31.5. The number of hydrogen-bond donors (Lipinski definition) is 3. The molecule has 8 rings (SSSR count). The molecule has 1 atom stereocenters. The molecular weight excluding hydrogens is 743 g/mol. The summed E-state index contributed by atoms with van der Waals surface area (Å²) in [5.74, 6) is -6.87. The van der Waals surface area contributed by atoms with Gasteiger partial charge in [0.1, 0.15) is 17.4 Å². The fourth-order valence-electron chi connectivity index (χ4n) is 8.49. The Kier molecular flexibility index (Phi) is 10.5. The maximum Gasteiger partial charge on any atom is 0.329 e. The van der Waals surface area contributed by atoms with E-state index in [2.05, 4.69) is 32.7 Å². The molecule has 2 aromatic carbocycles. The number of anilines is 1. The number of nitrogens with zero attached hydrogens (tertiary/aromatic N) is 7. The van der Waals surface area contributed by atoms with Crippen molar-refractivity contribution in [2.75, 3.05) is 44.2 Å². The molecule has 3 N–H and O–H groups in total. The predicted molar refractivity (Wildman–Crippen MR) is 204 cm³/mol. The van der Waals surface area contributed by atoms with E-state index in [1.807, 2.05) is 29.1 Å². The van der Waals surface area contributed by atoms with Gasteiger partial charge in [-0.1, -0.05) is 6.07 Å². The van der Waals surface area contributed by atoms with Gasteiger partial charge in [0.2, 0.25) is 17.6 Å². The molecule has 300 valence electrons. The molecule has 1 saturated carbocycles. The number of carbonyl (C=O) groups is 3. The van der Waals surface area contributed by atoms with Crippen molar-refractivity contribution in [2.24, 2.45) is 13.0 Å². The van der Waals surface area contributed by atoms with E-state index in [1.54, 1.807) is 11.6 Å². The van der Waals surface area contributed by atoms with Crippen LogP contribution < -0.4 is 21.2 Å². The van der Waals surface area contributed by atoms with Gasteiger partial charge in [-0.3, -0.25) is 38.4 Å². The zero-order valence-corrected chi connectivity index (χ0v) is 31.5. The molecule has 0 radical (unpaired) electrons. The number of fused-ring (bicyclic) bond motifs is 2. The molecular formula is C40H44F3N9O5. The van der Waals surface area contributed by atoms with Gasteiger partial charge in [-0.05, 0) is 87.2 Å². The number of aromatic hydroxyl groups is 1. The smallest absolute Gasteiger partial charge is 0.329 e. The molecule has 0 bridgehead atoms.